The largest absolute Gasteiger partial charge is 0.318 e. The normalized spacial score (nSPS) is 11.6. The zero-order chi connectivity index (χ0) is 9.68. The molecule has 1 rings (SSSR count). The molecule has 2 nitrogen and oxygen atoms in total. The van der Waals surface area contributed by atoms with Crippen LogP contribution in [0.4, 0.5) is 0 Å². The lowest BCUT2D eigenvalue weighted by Gasteiger charge is -1.97. The molecular formula is C11H14N2. The van der Waals surface area contributed by atoms with Gasteiger partial charge in [0.25, 0.3) is 0 Å². The number of pyridine rings is 1. The van der Waals surface area contributed by atoms with Crippen LogP contribution in [0.2, 0.25) is 0 Å². The summed E-state index contributed by atoms with van der Waals surface area (Å²) in [5.74, 6) is 6.04. The van der Waals surface area contributed by atoms with E-state index in [1.807, 2.05) is 26.1 Å². The molecule has 0 fully saturated rings. The molecule has 1 aromatic rings. The zero-order valence-electron chi connectivity index (χ0n) is 8.04. The van der Waals surface area contributed by atoms with E-state index in [2.05, 4.69) is 16.8 Å². The Balaban J connectivity index is 2.83. The molecular weight excluding hydrogens is 160 g/mol. The van der Waals surface area contributed by atoms with Crippen LogP contribution in [0, 0.1) is 18.8 Å². The fraction of sp³-hybridized carbons (Fsp3) is 0.364. The number of nitrogens with zero attached hydrogens (tertiary/aromatic N) is 1. The number of aromatic nitrogens is 1. The summed E-state index contributed by atoms with van der Waals surface area (Å²) in [6, 6.07) is 1.89. The van der Waals surface area contributed by atoms with Crippen LogP contribution < -0.4 is 5.73 Å². The van der Waals surface area contributed by atoms with Crippen LogP contribution in [-0.2, 0) is 0 Å². The number of aryl methyl sites for hydroxylation is 1. The SMILES string of the molecule is CCC(N)C#Cc1ccncc1C. The molecule has 68 valence electrons. The van der Waals surface area contributed by atoms with Crippen LogP contribution in [0.25, 0.3) is 0 Å². The van der Waals surface area contributed by atoms with Crippen molar-refractivity contribution < 1.29 is 0 Å². The first-order chi connectivity index (χ1) is 6.24. The Hall–Kier alpha value is -1.33. The van der Waals surface area contributed by atoms with Crippen molar-refractivity contribution in [2.45, 2.75) is 26.3 Å². The van der Waals surface area contributed by atoms with Gasteiger partial charge >= 0.3 is 0 Å². The van der Waals surface area contributed by atoms with Gasteiger partial charge in [0.1, 0.15) is 0 Å². The van der Waals surface area contributed by atoms with E-state index in [0.29, 0.717) is 0 Å². The Morgan fingerprint density at radius 1 is 1.62 bits per heavy atom. The highest BCUT2D eigenvalue weighted by Gasteiger charge is 1.93. The molecule has 2 heteroatoms. The van der Waals surface area contributed by atoms with Crippen LogP contribution >= 0.6 is 0 Å². The van der Waals surface area contributed by atoms with Gasteiger partial charge in [0.15, 0.2) is 0 Å². The van der Waals surface area contributed by atoms with Gasteiger partial charge in [-0.15, -0.1) is 0 Å². The predicted octanol–water partition coefficient (Wildman–Crippen LogP) is 1.48. The van der Waals surface area contributed by atoms with E-state index < -0.39 is 0 Å². The van der Waals surface area contributed by atoms with Crippen LogP contribution in [0.1, 0.15) is 24.5 Å². The van der Waals surface area contributed by atoms with Gasteiger partial charge < -0.3 is 5.73 Å². The molecule has 0 aromatic carbocycles. The molecule has 2 N–H and O–H groups in total. The molecule has 0 saturated carbocycles. The molecule has 0 aliphatic heterocycles. The minimum atomic E-state index is -0.0208. The first-order valence-electron chi connectivity index (χ1n) is 4.41. The average Bonchev–Trinajstić information content (AvgIpc) is 2.16. The third-order valence-electron chi connectivity index (χ3n) is 1.85. The summed E-state index contributed by atoms with van der Waals surface area (Å²) in [5.41, 5.74) is 7.79. The van der Waals surface area contributed by atoms with Crippen LogP contribution in [0.5, 0.6) is 0 Å². The average molecular weight is 174 g/mol. The Morgan fingerprint density at radius 2 is 2.38 bits per heavy atom. The number of rotatable bonds is 1. The van der Waals surface area contributed by atoms with E-state index in [4.69, 9.17) is 5.73 Å². The first-order valence-corrected chi connectivity index (χ1v) is 4.41. The van der Waals surface area contributed by atoms with Crippen molar-refractivity contribution in [3.8, 4) is 11.8 Å². The maximum Gasteiger partial charge on any atom is 0.0665 e. The standard InChI is InChI=1S/C11H14N2/c1-3-11(12)5-4-10-6-7-13-8-9(10)2/h6-8,11H,3,12H2,1-2H3. The van der Waals surface area contributed by atoms with Gasteiger partial charge in [0.05, 0.1) is 6.04 Å². The van der Waals surface area contributed by atoms with Gasteiger partial charge in [-0.3, -0.25) is 4.98 Å². The Labute approximate surface area is 79.2 Å². The van der Waals surface area contributed by atoms with Crippen molar-refractivity contribution in [3.63, 3.8) is 0 Å². The van der Waals surface area contributed by atoms with Gasteiger partial charge in [-0.05, 0) is 25.0 Å². The third kappa shape index (κ3) is 2.89. The van der Waals surface area contributed by atoms with Crippen molar-refractivity contribution in [1.82, 2.24) is 4.98 Å². The summed E-state index contributed by atoms with van der Waals surface area (Å²) in [5, 5.41) is 0. The third-order valence-corrected chi connectivity index (χ3v) is 1.85. The maximum absolute atomic E-state index is 5.68. The highest BCUT2D eigenvalue weighted by atomic mass is 14.6. The molecule has 13 heavy (non-hydrogen) atoms. The van der Waals surface area contributed by atoms with Gasteiger partial charge in [0.2, 0.25) is 0 Å². The summed E-state index contributed by atoms with van der Waals surface area (Å²) in [4.78, 5) is 3.99. The molecule has 0 saturated heterocycles. The fourth-order valence-corrected chi connectivity index (χ4v) is 0.886. The van der Waals surface area contributed by atoms with E-state index >= 15 is 0 Å². The van der Waals surface area contributed by atoms with Gasteiger partial charge in [-0.2, -0.15) is 0 Å². The van der Waals surface area contributed by atoms with Crippen molar-refractivity contribution in [3.05, 3.63) is 29.6 Å². The highest BCUT2D eigenvalue weighted by Crippen LogP contribution is 2.02. The molecule has 0 radical (unpaired) electrons. The van der Waals surface area contributed by atoms with Gasteiger partial charge in [-0.25, -0.2) is 0 Å². The van der Waals surface area contributed by atoms with Crippen molar-refractivity contribution in [1.29, 1.82) is 0 Å². The van der Waals surface area contributed by atoms with E-state index in [-0.39, 0.29) is 6.04 Å². The smallest absolute Gasteiger partial charge is 0.0665 e. The molecule has 1 atom stereocenters. The molecule has 0 bridgehead atoms. The maximum atomic E-state index is 5.68. The molecule has 0 spiro atoms. The van der Waals surface area contributed by atoms with Gasteiger partial charge in [0, 0.05) is 18.0 Å². The molecule has 1 aromatic heterocycles. The lowest BCUT2D eigenvalue weighted by Crippen LogP contribution is -2.15. The number of nitrogens with two attached hydrogens (primary N) is 1. The van der Waals surface area contributed by atoms with Crippen molar-refractivity contribution >= 4 is 0 Å². The fourth-order valence-electron chi connectivity index (χ4n) is 0.886. The summed E-state index contributed by atoms with van der Waals surface area (Å²) in [6.45, 7) is 4.02. The summed E-state index contributed by atoms with van der Waals surface area (Å²) in [7, 11) is 0. The lowest BCUT2D eigenvalue weighted by atomic mass is 10.1. The van der Waals surface area contributed by atoms with E-state index in [1.165, 1.54) is 0 Å². The van der Waals surface area contributed by atoms with Crippen LogP contribution in [0.3, 0.4) is 0 Å². The minimum Gasteiger partial charge on any atom is -0.318 e. The second-order valence-corrected chi connectivity index (χ2v) is 2.97. The number of hydrogen-bond acceptors (Lipinski definition) is 2. The molecule has 1 unspecified atom stereocenters. The first kappa shape index (κ1) is 9.76. The minimum absolute atomic E-state index is 0.0208. The van der Waals surface area contributed by atoms with Crippen LogP contribution in [-0.4, -0.2) is 11.0 Å². The van der Waals surface area contributed by atoms with Crippen molar-refractivity contribution in [2.24, 2.45) is 5.73 Å². The highest BCUT2D eigenvalue weighted by molar-refractivity contribution is 5.39. The summed E-state index contributed by atoms with van der Waals surface area (Å²) in [6.07, 6.45) is 4.44. The topological polar surface area (TPSA) is 38.9 Å². The van der Waals surface area contributed by atoms with E-state index in [0.717, 1.165) is 17.5 Å². The van der Waals surface area contributed by atoms with E-state index in [9.17, 15) is 0 Å². The Morgan fingerprint density at radius 3 is 3.00 bits per heavy atom. The second-order valence-electron chi connectivity index (χ2n) is 2.97. The summed E-state index contributed by atoms with van der Waals surface area (Å²) >= 11 is 0. The molecule has 0 aliphatic rings. The van der Waals surface area contributed by atoms with Crippen LogP contribution in [0.15, 0.2) is 18.5 Å². The monoisotopic (exact) mass is 174 g/mol. The molecule has 0 aliphatic carbocycles. The Kier molecular flexibility index (Phi) is 3.48. The van der Waals surface area contributed by atoms with Gasteiger partial charge in [-0.1, -0.05) is 18.8 Å². The van der Waals surface area contributed by atoms with Crippen molar-refractivity contribution in [2.75, 3.05) is 0 Å². The zero-order valence-corrected chi connectivity index (χ0v) is 8.04. The second kappa shape index (κ2) is 4.64. The lowest BCUT2D eigenvalue weighted by molar-refractivity contribution is 0.806. The summed E-state index contributed by atoms with van der Waals surface area (Å²) < 4.78 is 0. The Bertz CT molecular complexity index is 333. The predicted molar refractivity (Wildman–Crippen MR) is 54.1 cm³/mol. The number of hydrogen-bond donors (Lipinski definition) is 1. The molecule has 1 heterocycles. The quantitative estimate of drug-likeness (QED) is 0.655. The molecule has 0 amide bonds. The van der Waals surface area contributed by atoms with E-state index in [1.54, 1.807) is 6.20 Å².